The number of nitrogens with zero attached hydrogens (tertiary/aromatic N) is 1. The lowest BCUT2D eigenvalue weighted by Crippen LogP contribution is -2.20. The molecule has 0 saturated heterocycles. The van der Waals surface area contributed by atoms with Crippen molar-refractivity contribution in [2.45, 2.75) is 59.0 Å². The summed E-state index contributed by atoms with van der Waals surface area (Å²) in [5, 5.41) is 3.63. The Morgan fingerprint density at radius 1 is 1.35 bits per heavy atom. The monoisotopic (exact) mass is 234 g/mol. The van der Waals surface area contributed by atoms with Crippen molar-refractivity contribution in [3.05, 3.63) is 23.5 Å². The smallest absolute Gasteiger partial charge is 0.0337 e. The zero-order valence-corrected chi connectivity index (χ0v) is 11.5. The van der Waals surface area contributed by atoms with E-state index in [1.54, 1.807) is 11.1 Å². The number of hydrogen-bond acceptors (Lipinski definition) is 1. The maximum Gasteiger partial charge on any atom is 0.0337 e. The van der Waals surface area contributed by atoms with Crippen molar-refractivity contribution in [3.63, 3.8) is 0 Å². The topological polar surface area (TPSA) is 17.0 Å². The lowest BCUT2D eigenvalue weighted by atomic mass is 10.0. The third-order valence-corrected chi connectivity index (χ3v) is 3.59. The van der Waals surface area contributed by atoms with E-state index in [0.717, 1.165) is 19.0 Å². The molecule has 17 heavy (non-hydrogen) atoms. The summed E-state index contributed by atoms with van der Waals surface area (Å²) in [5.41, 5.74) is 3.14. The number of rotatable bonds is 4. The molecule has 0 aliphatic heterocycles. The van der Waals surface area contributed by atoms with Crippen molar-refractivity contribution in [2.75, 3.05) is 6.54 Å². The van der Waals surface area contributed by atoms with Crippen molar-refractivity contribution in [1.29, 1.82) is 0 Å². The van der Waals surface area contributed by atoms with Gasteiger partial charge >= 0.3 is 0 Å². The van der Waals surface area contributed by atoms with E-state index < -0.39 is 0 Å². The van der Waals surface area contributed by atoms with Crippen molar-refractivity contribution in [2.24, 2.45) is 5.92 Å². The van der Waals surface area contributed by atoms with Crippen LogP contribution >= 0.6 is 0 Å². The average molecular weight is 234 g/mol. The molecule has 96 valence electrons. The van der Waals surface area contributed by atoms with Gasteiger partial charge in [0.25, 0.3) is 0 Å². The van der Waals surface area contributed by atoms with Crippen LogP contribution in [-0.2, 0) is 13.0 Å². The Bertz CT molecular complexity index is 352. The van der Waals surface area contributed by atoms with Crippen molar-refractivity contribution in [1.82, 2.24) is 9.88 Å². The van der Waals surface area contributed by atoms with Gasteiger partial charge in [0.2, 0.25) is 0 Å². The van der Waals surface area contributed by atoms with Crippen LogP contribution in [0.25, 0.3) is 0 Å². The molecule has 2 rings (SSSR count). The van der Waals surface area contributed by atoms with Crippen LogP contribution in [-0.4, -0.2) is 11.1 Å². The molecule has 2 heteroatoms. The third-order valence-electron chi connectivity index (χ3n) is 3.59. The van der Waals surface area contributed by atoms with Gasteiger partial charge < -0.3 is 9.88 Å². The number of fused-ring (bicyclic) bond motifs is 1. The van der Waals surface area contributed by atoms with Crippen molar-refractivity contribution >= 4 is 0 Å². The molecule has 0 radical (unpaired) electrons. The van der Waals surface area contributed by atoms with Gasteiger partial charge in [0.1, 0.15) is 0 Å². The molecule has 0 bridgehead atoms. The molecule has 1 heterocycles. The Labute approximate surface area is 105 Å². The van der Waals surface area contributed by atoms with Crippen molar-refractivity contribution in [3.8, 4) is 0 Å². The Hall–Kier alpha value is -0.760. The summed E-state index contributed by atoms with van der Waals surface area (Å²) < 4.78 is 2.39. The van der Waals surface area contributed by atoms with E-state index in [-0.39, 0.29) is 0 Å². The van der Waals surface area contributed by atoms with Crippen LogP contribution in [0.2, 0.25) is 0 Å². The molecule has 1 aliphatic carbocycles. The van der Waals surface area contributed by atoms with E-state index in [1.165, 1.54) is 25.7 Å². The van der Waals surface area contributed by atoms with Gasteiger partial charge in [-0.15, -0.1) is 0 Å². The standard InChI is InChI=1S/C15H26N2/c1-4-16-15-8-6-5-7-13-10-17(9-12(2)3)11-14(13)15/h10-12,15-16H,4-9H2,1-3H3. The van der Waals surface area contributed by atoms with Gasteiger partial charge in [-0.25, -0.2) is 0 Å². The fourth-order valence-corrected chi connectivity index (χ4v) is 2.90. The summed E-state index contributed by atoms with van der Waals surface area (Å²) in [7, 11) is 0. The van der Waals surface area contributed by atoms with E-state index >= 15 is 0 Å². The highest BCUT2D eigenvalue weighted by molar-refractivity contribution is 5.29. The zero-order valence-electron chi connectivity index (χ0n) is 11.5. The molecular formula is C15H26N2. The van der Waals surface area contributed by atoms with Gasteiger partial charge in [-0.05, 0) is 42.9 Å². The van der Waals surface area contributed by atoms with Crippen LogP contribution in [0.4, 0.5) is 0 Å². The lowest BCUT2D eigenvalue weighted by molar-refractivity contribution is 0.493. The number of aryl methyl sites for hydroxylation is 1. The summed E-state index contributed by atoms with van der Waals surface area (Å²) in [5.74, 6) is 0.726. The fourth-order valence-electron chi connectivity index (χ4n) is 2.90. The first-order valence-electron chi connectivity index (χ1n) is 7.12. The molecule has 1 atom stereocenters. The van der Waals surface area contributed by atoms with Crippen LogP contribution < -0.4 is 5.32 Å². The Morgan fingerprint density at radius 3 is 2.88 bits per heavy atom. The minimum atomic E-state index is 0.589. The summed E-state index contributed by atoms with van der Waals surface area (Å²) in [4.78, 5) is 0. The van der Waals surface area contributed by atoms with E-state index in [1.807, 2.05) is 0 Å². The van der Waals surface area contributed by atoms with Gasteiger partial charge in [0.15, 0.2) is 0 Å². The Balaban J connectivity index is 2.20. The minimum Gasteiger partial charge on any atom is -0.353 e. The van der Waals surface area contributed by atoms with Crippen LogP contribution in [0.1, 0.15) is 57.2 Å². The largest absolute Gasteiger partial charge is 0.353 e. The SMILES string of the molecule is CCNC1CCCCc2cn(CC(C)C)cc21. The molecule has 0 saturated carbocycles. The van der Waals surface area contributed by atoms with Gasteiger partial charge in [-0.3, -0.25) is 0 Å². The summed E-state index contributed by atoms with van der Waals surface area (Å²) >= 11 is 0. The predicted octanol–water partition coefficient (Wildman–Crippen LogP) is 3.52. The first kappa shape index (κ1) is 12.7. The highest BCUT2D eigenvalue weighted by atomic mass is 15.0. The summed E-state index contributed by atoms with van der Waals surface area (Å²) in [6.07, 6.45) is 10.0. The first-order valence-corrected chi connectivity index (χ1v) is 7.12. The van der Waals surface area contributed by atoms with Gasteiger partial charge in [0, 0.05) is 25.0 Å². The van der Waals surface area contributed by atoms with Crippen LogP contribution in [0.5, 0.6) is 0 Å². The normalized spacial score (nSPS) is 20.4. The quantitative estimate of drug-likeness (QED) is 0.789. The lowest BCUT2D eigenvalue weighted by Gasteiger charge is -2.15. The number of aromatic nitrogens is 1. The minimum absolute atomic E-state index is 0.589. The van der Waals surface area contributed by atoms with E-state index in [2.05, 4.69) is 43.0 Å². The Morgan fingerprint density at radius 2 is 2.18 bits per heavy atom. The highest BCUT2D eigenvalue weighted by Gasteiger charge is 2.19. The zero-order chi connectivity index (χ0) is 12.3. The average Bonchev–Trinajstić information content (AvgIpc) is 2.56. The summed E-state index contributed by atoms with van der Waals surface area (Å²) in [6.45, 7) is 8.99. The molecule has 0 amide bonds. The Kier molecular flexibility index (Phi) is 4.27. The van der Waals surface area contributed by atoms with E-state index in [9.17, 15) is 0 Å². The fraction of sp³-hybridized carbons (Fsp3) is 0.733. The second-order valence-electron chi connectivity index (χ2n) is 5.69. The second-order valence-corrected chi connectivity index (χ2v) is 5.69. The van der Waals surface area contributed by atoms with Crippen LogP contribution in [0.15, 0.2) is 12.4 Å². The highest BCUT2D eigenvalue weighted by Crippen LogP contribution is 2.29. The molecule has 1 N–H and O–H groups in total. The molecule has 1 aromatic rings. The predicted molar refractivity (Wildman–Crippen MR) is 73.2 cm³/mol. The first-order chi connectivity index (χ1) is 8.20. The van der Waals surface area contributed by atoms with E-state index in [0.29, 0.717) is 6.04 Å². The maximum absolute atomic E-state index is 3.63. The van der Waals surface area contributed by atoms with E-state index in [4.69, 9.17) is 0 Å². The van der Waals surface area contributed by atoms with Gasteiger partial charge in [-0.1, -0.05) is 27.2 Å². The molecule has 1 unspecified atom stereocenters. The molecule has 1 aromatic heterocycles. The van der Waals surface area contributed by atoms with Gasteiger partial charge in [0.05, 0.1) is 0 Å². The molecule has 0 aromatic carbocycles. The van der Waals surface area contributed by atoms with Crippen LogP contribution in [0, 0.1) is 5.92 Å². The van der Waals surface area contributed by atoms with Gasteiger partial charge in [-0.2, -0.15) is 0 Å². The molecule has 1 aliphatic rings. The number of hydrogen-bond donors (Lipinski definition) is 1. The molecular weight excluding hydrogens is 208 g/mol. The van der Waals surface area contributed by atoms with Crippen molar-refractivity contribution < 1.29 is 0 Å². The molecule has 0 spiro atoms. The third kappa shape index (κ3) is 3.12. The number of nitrogens with one attached hydrogen (secondary N) is 1. The van der Waals surface area contributed by atoms with Crippen LogP contribution in [0.3, 0.4) is 0 Å². The molecule has 2 nitrogen and oxygen atoms in total. The summed E-state index contributed by atoms with van der Waals surface area (Å²) in [6, 6.07) is 0.589. The maximum atomic E-state index is 3.63. The second kappa shape index (κ2) is 5.72. The molecule has 0 fully saturated rings.